The molecule has 0 unspecified atom stereocenters. The summed E-state index contributed by atoms with van der Waals surface area (Å²) in [5.74, 6) is 0.797. The number of amides is 2. The first-order valence-electron chi connectivity index (χ1n) is 7.24. The number of carbonyl (C=O) groups excluding carboxylic acids is 1. The summed E-state index contributed by atoms with van der Waals surface area (Å²) in [5, 5.41) is 0. The number of nitrogens with one attached hydrogen (secondary N) is 1. The molecular weight excluding hydrogens is 292 g/mol. The smallest absolute Gasteiger partial charge is 0.336 e. The van der Waals surface area contributed by atoms with Crippen LogP contribution in [-0.2, 0) is 6.54 Å². The van der Waals surface area contributed by atoms with Crippen LogP contribution in [0.3, 0.4) is 0 Å². The molecule has 0 aliphatic rings. The topological polar surface area (TPSA) is 59.4 Å². The van der Waals surface area contributed by atoms with E-state index in [0.717, 1.165) is 22.3 Å². The van der Waals surface area contributed by atoms with Crippen LogP contribution in [0.15, 0.2) is 54.9 Å². The lowest BCUT2D eigenvalue weighted by molar-refractivity contribution is 0.217. The van der Waals surface area contributed by atoms with Gasteiger partial charge in [0.2, 0.25) is 0 Å². The molecule has 1 N–H and O–H groups in total. The Morgan fingerprint density at radius 2 is 1.96 bits per heavy atom. The first kappa shape index (κ1) is 14.9. The van der Waals surface area contributed by atoms with Crippen molar-refractivity contribution in [2.24, 2.45) is 0 Å². The summed E-state index contributed by atoms with van der Waals surface area (Å²) in [6.45, 7) is 0.502. The van der Waals surface area contributed by atoms with Crippen molar-refractivity contribution >= 4 is 17.1 Å². The number of rotatable bonds is 4. The molecule has 0 fully saturated rings. The molecule has 118 valence electrons. The molecule has 0 saturated heterocycles. The average molecular weight is 310 g/mol. The van der Waals surface area contributed by atoms with Gasteiger partial charge in [-0.15, -0.1) is 0 Å². The van der Waals surface area contributed by atoms with Crippen LogP contribution in [0.4, 0.5) is 4.79 Å². The number of hydrogen-bond donors (Lipinski definition) is 1. The van der Waals surface area contributed by atoms with Crippen LogP contribution in [0.1, 0.15) is 5.56 Å². The summed E-state index contributed by atoms with van der Waals surface area (Å²) in [4.78, 5) is 18.2. The summed E-state index contributed by atoms with van der Waals surface area (Å²) < 4.78 is 6.76. The SMILES string of the molecule is COc1ccc(CN(C)C(=O)Nn2cnc3ccccc32)cc1. The summed E-state index contributed by atoms with van der Waals surface area (Å²) in [6.07, 6.45) is 1.60. The van der Waals surface area contributed by atoms with Gasteiger partial charge in [-0.2, -0.15) is 0 Å². The van der Waals surface area contributed by atoms with Crippen molar-refractivity contribution in [2.45, 2.75) is 6.54 Å². The van der Waals surface area contributed by atoms with Gasteiger partial charge in [0, 0.05) is 13.6 Å². The number of ether oxygens (including phenoxy) is 1. The monoisotopic (exact) mass is 310 g/mol. The molecule has 0 bridgehead atoms. The maximum Gasteiger partial charge on any atom is 0.336 e. The van der Waals surface area contributed by atoms with Crippen LogP contribution in [0.5, 0.6) is 5.75 Å². The number of carbonyl (C=O) groups is 1. The minimum absolute atomic E-state index is 0.205. The van der Waals surface area contributed by atoms with E-state index in [2.05, 4.69) is 10.4 Å². The number of methoxy groups -OCH3 is 1. The minimum atomic E-state index is -0.205. The van der Waals surface area contributed by atoms with Crippen molar-refractivity contribution < 1.29 is 9.53 Å². The van der Waals surface area contributed by atoms with Crippen LogP contribution >= 0.6 is 0 Å². The van der Waals surface area contributed by atoms with Gasteiger partial charge in [0.25, 0.3) is 0 Å². The van der Waals surface area contributed by atoms with Crippen LogP contribution in [0.25, 0.3) is 11.0 Å². The zero-order valence-electron chi connectivity index (χ0n) is 13.1. The molecule has 1 aromatic heterocycles. The first-order valence-corrected chi connectivity index (χ1v) is 7.24. The van der Waals surface area contributed by atoms with E-state index >= 15 is 0 Å². The highest BCUT2D eigenvalue weighted by atomic mass is 16.5. The van der Waals surface area contributed by atoms with E-state index in [9.17, 15) is 4.79 Å². The molecule has 0 radical (unpaired) electrons. The summed E-state index contributed by atoms with van der Waals surface area (Å²) in [6, 6.07) is 15.1. The Balaban J connectivity index is 1.67. The van der Waals surface area contributed by atoms with E-state index in [0.29, 0.717) is 6.54 Å². The molecule has 2 aromatic carbocycles. The third-order valence-electron chi connectivity index (χ3n) is 3.60. The molecule has 6 nitrogen and oxygen atoms in total. The maximum atomic E-state index is 12.3. The zero-order chi connectivity index (χ0) is 16.2. The Bertz CT molecular complexity index is 811. The average Bonchev–Trinajstić information content (AvgIpc) is 2.98. The Labute approximate surface area is 134 Å². The molecule has 3 aromatic rings. The molecular formula is C17H18N4O2. The molecule has 0 atom stereocenters. The van der Waals surface area contributed by atoms with Gasteiger partial charge >= 0.3 is 6.03 Å². The van der Waals surface area contributed by atoms with E-state index < -0.39 is 0 Å². The van der Waals surface area contributed by atoms with Gasteiger partial charge < -0.3 is 9.64 Å². The van der Waals surface area contributed by atoms with Crippen LogP contribution in [0.2, 0.25) is 0 Å². The number of fused-ring (bicyclic) bond motifs is 1. The number of imidazole rings is 1. The van der Waals surface area contributed by atoms with Gasteiger partial charge in [0.15, 0.2) is 0 Å². The highest BCUT2D eigenvalue weighted by Crippen LogP contribution is 2.13. The third kappa shape index (κ3) is 3.26. The molecule has 6 heteroatoms. The number of nitrogens with zero attached hydrogens (tertiary/aromatic N) is 3. The maximum absolute atomic E-state index is 12.3. The van der Waals surface area contributed by atoms with Crippen molar-refractivity contribution in [3.63, 3.8) is 0 Å². The van der Waals surface area contributed by atoms with Gasteiger partial charge in [0.05, 0.1) is 18.1 Å². The normalized spacial score (nSPS) is 10.5. The van der Waals surface area contributed by atoms with Gasteiger partial charge in [-0.3, -0.25) is 0 Å². The Morgan fingerprint density at radius 3 is 2.70 bits per heavy atom. The quantitative estimate of drug-likeness (QED) is 0.806. The Morgan fingerprint density at radius 1 is 1.22 bits per heavy atom. The van der Waals surface area contributed by atoms with Gasteiger partial charge in [-0.1, -0.05) is 24.3 Å². The molecule has 0 spiro atoms. The highest BCUT2D eigenvalue weighted by Gasteiger charge is 2.11. The number of hydrogen-bond acceptors (Lipinski definition) is 3. The minimum Gasteiger partial charge on any atom is -0.497 e. The van der Waals surface area contributed by atoms with E-state index in [4.69, 9.17) is 4.74 Å². The van der Waals surface area contributed by atoms with Crippen molar-refractivity contribution in [3.8, 4) is 5.75 Å². The second kappa shape index (κ2) is 6.39. The fraction of sp³-hybridized carbons (Fsp3) is 0.176. The fourth-order valence-corrected chi connectivity index (χ4v) is 2.31. The van der Waals surface area contributed by atoms with Gasteiger partial charge in [0.1, 0.15) is 12.1 Å². The second-order valence-corrected chi connectivity index (χ2v) is 5.22. The number of urea groups is 1. The lowest BCUT2D eigenvalue weighted by Gasteiger charge is -2.18. The van der Waals surface area contributed by atoms with Crippen molar-refractivity contribution in [1.82, 2.24) is 14.6 Å². The largest absolute Gasteiger partial charge is 0.497 e. The summed E-state index contributed by atoms with van der Waals surface area (Å²) in [5.41, 5.74) is 5.55. The second-order valence-electron chi connectivity index (χ2n) is 5.22. The molecule has 0 saturated carbocycles. The van der Waals surface area contributed by atoms with Crippen LogP contribution in [-0.4, -0.2) is 34.7 Å². The lowest BCUT2D eigenvalue weighted by Crippen LogP contribution is -2.35. The predicted molar refractivity (Wildman–Crippen MR) is 89.0 cm³/mol. The predicted octanol–water partition coefficient (Wildman–Crippen LogP) is 2.84. The lowest BCUT2D eigenvalue weighted by atomic mass is 10.2. The first-order chi connectivity index (χ1) is 11.2. The van der Waals surface area contributed by atoms with Crippen molar-refractivity contribution in [1.29, 1.82) is 0 Å². The van der Waals surface area contributed by atoms with Gasteiger partial charge in [-0.05, 0) is 29.8 Å². The highest BCUT2D eigenvalue weighted by molar-refractivity contribution is 5.84. The van der Waals surface area contributed by atoms with E-state index in [1.807, 2.05) is 48.5 Å². The van der Waals surface area contributed by atoms with Crippen molar-refractivity contribution in [3.05, 3.63) is 60.4 Å². The molecule has 3 rings (SSSR count). The Kier molecular flexibility index (Phi) is 4.14. The molecule has 2 amide bonds. The number of aromatic nitrogens is 2. The number of para-hydroxylation sites is 2. The van der Waals surface area contributed by atoms with E-state index in [1.54, 1.807) is 30.1 Å². The fourth-order valence-electron chi connectivity index (χ4n) is 2.31. The standard InChI is InChI=1S/C17H18N4O2/c1-20(11-13-7-9-14(23-2)10-8-13)17(22)19-21-12-18-15-5-3-4-6-16(15)21/h3-10,12H,11H2,1-2H3,(H,19,22). The summed E-state index contributed by atoms with van der Waals surface area (Å²) >= 11 is 0. The number of benzene rings is 2. The molecule has 0 aliphatic carbocycles. The third-order valence-corrected chi connectivity index (χ3v) is 3.60. The van der Waals surface area contributed by atoms with E-state index in [-0.39, 0.29) is 6.03 Å². The Hall–Kier alpha value is -3.02. The van der Waals surface area contributed by atoms with Crippen molar-refractivity contribution in [2.75, 3.05) is 19.6 Å². The van der Waals surface area contributed by atoms with Gasteiger partial charge in [-0.25, -0.2) is 19.9 Å². The molecule has 1 heterocycles. The summed E-state index contributed by atoms with van der Waals surface area (Å²) in [7, 11) is 3.38. The van der Waals surface area contributed by atoms with Crippen LogP contribution in [0, 0.1) is 0 Å². The van der Waals surface area contributed by atoms with Crippen LogP contribution < -0.4 is 10.2 Å². The zero-order valence-corrected chi connectivity index (χ0v) is 13.1. The van der Waals surface area contributed by atoms with E-state index in [1.165, 1.54) is 0 Å². The molecule has 23 heavy (non-hydrogen) atoms. The molecule has 0 aliphatic heterocycles.